The zero-order chi connectivity index (χ0) is 34.9. The molecule has 0 unspecified atom stereocenters. The second-order valence-corrected chi connectivity index (χ2v) is 14.4. The number of rotatable bonds is 9. The van der Waals surface area contributed by atoms with E-state index in [1.165, 1.54) is 11.3 Å². The molecule has 2 fully saturated rings. The Morgan fingerprint density at radius 2 is 1.76 bits per heavy atom. The van der Waals surface area contributed by atoms with Crippen LogP contribution in [0, 0.1) is 0 Å². The molecule has 0 aliphatic carbocycles. The van der Waals surface area contributed by atoms with Gasteiger partial charge in [0.05, 0.1) is 23.5 Å². The maximum Gasteiger partial charge on any atom is 0.328 e. The predicted molar refractivity (Wildman–Crippen MR) is 201 cm³/mol. The fraction of sp³-hybridized carbons (Fsp3) is 0.342. The molecule has 3 aromatic heterocycles. The summed E-state index contributed by atoms with van der Waals surface area (Å²) < 4.78 is 7.01. The molecule has 6 heterocycles. The van der Waals surface area contributed by atoms with E-state index in [4.69, 9.17) is 14.7 Å². The third kappa shape index (κ3) is 6.91. The smallest absolute Gasteiger partial charge is 0.328 e. The molecule has 12 nitrogen and oxygen atoms in total. The van der Waals surface area contributed by atoms with Gasteiger partial charge in [0.1, 0.15) is 16.4 Å². The normalized spacial score (nSPS) is 18.3. The van der Waals surface area contributed by atoms with Crippen molar-refractivity contribution < 1.29 is 19.1 Å². The van der Waals surface area contributed by atoms with Crippen molar-refractivity contribution in [2.24, 2.45) is 0 Å². The second kappa shape index (κ2) is 14.2. The number of piperazine rings is 1. The number of anilines is 3. The second-order valence-electron chi connectivity index (χ2n) is 13.3. The molecule has 262 valence electrons. The molecule has 2 saturated heterocycles. The highest BCUT2D eigenvalue weighted by molar-refractivity contribution is 7.21. The van der Waals surface area contributed by atoms with Gasteiger partial charge in [-0.2, -0.15) is 0 Å². The Morgan fingerprint density at radius 3 is 2.55 bits per heavy atom. The lowest BCUT2D eigenvalue weighted by Crippen LogP contribution is -2.49. The molecule has 4 amide bonds. The highest BCUT2D eigenvalue weighted by Crippen LogP contribution is 2.41. The molecular weight excluding hydrogens is 665 g/mol. The molecular formula is C38H40N8O4S. The molecule has 0 spiro atoms. The quantitative estimate of drug-likeness (QED) is 0.171. The Hall–Kier alpha value is -5.27. The largest absolute Gasteiger partial charge is 0.494 e. The summed E-state index contributed by atoms with van der Waals surface area (Å²) in [6, 6.07) is 19.6. The average molecular weight is 705 g/mol. The molecule has 8 rings (SSSR count). The number of hydrogen-bond donors (Lipinski definition) is 3. The van der Waals surface area contributed by atoms with Crippen LogP contribution in [0.25, 0.3) is 32.2 Å². The van der Waals surface area contributed by atoms with Gasteiger partial charge in [-0.1, -0.05) is 0 Å². The van der Waals surface area contributed by atoms with Crippen molar-refractivity contribution in [3.8, 4) is 17.0 Å². The number of fused-ring (bicyclic) bond motifs is 5. The number of hydrogen-bond acceptors (Lipinski definition) is 10. The fourth-order valence-electron chi connectivity index (χ4n) is 6.97. The van der Waals surface area contributed by atoms with Gasteiger partial charge in [0.25, 0.3) is 5.91 Å². The first kappa shape index (κ1) is 32.9. The molecule has 13 heteroatoms. The number of nitrogens with one attached hydrogen (secondary N) is 3. The highest BCUT2D eigenvalue weighted by atomic mass is 32.1. The molecule has 3 N–H and O–H groups in total. The van der Waals surface area contributed by atoms with Crippen LogP contribution in [0.1, 0.15) is 35.9 Å². The molecule has 0 radical (unpaired) electrons. The zero-order valence-electron chi connectivity index (χ0n) is 28.5. The maximum absolute atomic E-state index is 12.8. The van der Waals surface area contributed by atoms with E-state index in [0.717, 1.165) is 106 Å². The monoisotopic (exact) mass is 704 g/mol. The molecule has 5 aromatic rings. The van der Waals surface area contributed by atoms with Crippen LogP contribution in [0.4, 0.5) is 22.0 Å². The summed E-state index contributed by atoms with van der Waals surface area (Å²) in [7, 11) is 0. The van der Waals surface area contributed by atoms with Crippen molar-refractivity contribution >= 4 is 67.4 Å². The van der Waals surface area contributed by atoms with Crippen LogP contribution in [0.5, 0.6) is 5.75 Å². The van der Waals surface area contributed by atoms with E-state index in [2.05, 4.69) is 50.0 Å². The van der Waals surface area contributed by atoms with E-state index >= 15 is 0 Å². The Balaban J connectivity index is 0.809. The van der Waals surface area contributed by atoms with Crippen molar-refractivity contribution in [1.82, 2.24) is 25.5 Å². The summed E-state index contributed by atoms with van der Waals surface area (Å²) >= 11 is 1.52. The minimum absolute atomic E-state index is 0.0238. The number of ether oxygens (including phenoxy) is 1. The molecule has 0 bridgehead atoms. The first-order valence-corrected chi connectivity index (χ1v) is 18.4. The van der Waals surface area contributed by atoms with Crippen LogP contribution in [-0.2, 0) is 4.79 Å². The van der Waals surface area contributed by atoms with Gasteiger partial charge in [-0.15, -0.1) is 11.3 Å². The number of benzene rings is 2. The SMILES string of the molecule is C[C@@H]1CNc2c(sc3ccc4nc(-c5ccc(N6CCN(CCCCOc7ccc(N8CCC(=O)NC8=O)cc7)CC6)nc5)ccc4c23)C(=O)N1. The van der Waals surface area contributed by atoms with Crippen molar-refractivity contribution in [3.63, 3.8) is 0 Å². The number of carbonyl (C=O) groups excluding carboxylic acids is 3. The fourth-order valence-corrected chi connectivity index (χ4v) is 8.07. The van der Waals surface area contributed by atoms with E-state index in [1.54, 1.807) is 4.90 Å². The minimum Gasteiger partial charge on any atom is -0.494 e. The van der Waals surface area contributed by atoms with Crippen molar-refractivity contribution in [1.29, 1.82) is 0 Å². The van der Waals surface area contributed by atoms with Crippen molar-refractivity contribution in [2.75, 3.05) is 67.5 Å². The number of pyridine rings is 2. The van der Waals surface area contributed by atoms with Gasteiger partial charge >= 0.3 is 6.03 Å². The lowest BCUT2D eigenvalue weighted by atomic mass is 10.1. The number of amides is 4. The van der Waals surface area contributed by atoms with Crippen LogP contribution in [0.2, 0.25) is 0 Å². The molecule has 2 aromatic carbocycles. The summed E-state index contributed by atoms with van der Waals surface area (Å²) in [5.74, 6) is 1.49. The van der Waals surface area contributed by atoms with Crippen molar-refractivity contribution in [3.05, 3.63) is 71.7 Å². The Kier molecular flexibility index (Phi) is 9.13. The standard InChI is InChI=1S/C38H40N8O4S/c1-24-22-40-35-34-28-9-10-29(42-30(28)11-12-31(34)51-36(35)37(48)41-24)25-4-13-32(39-23-25)45-19-17-44(18-20-45)15-2-3-21-50-27-7-5-26(6-8-27)46-16-14-33(47)43-38(46)49/h4-13,23-24,40H,2-3,14-22H2,1H3,(H,41,48)(H,43,47,49)/t24-/m1/s1. The highest BCUT2D eigenvalue weighted by Gasteiger charge is 2.26. The van der Waals surface area contributed by atoms with Gasteiger partial charge in [0.15, 0.2) is 0 Å². The number of urea groups is 1. The predicted octanol–water partition coefficient (Wildman–Crippen LogP) is 5.48. The number of aromatic nitrogens is 2. The average Bonchev–Trinajstić information content (AvgIpc) is 3.47. The maximum atomic E-state index is 12.8. The summed E-state index contributed by atoms with van der Waals surface area (Å²) in [6.07, 6.45) is 4.23. The topological polar surface area (TPSA) is 132 Å². The summed E-state index contributed by atoms with van der Waals surface area (Å²) in [5, 5.41) is 11.0. The zero-order valence-corrected chi connectivity index (χ0v) is 29.3. The Morgan fingerprint density at radius 1 is 0.922 bits per heavy atom. The summed E-state index contributed by atoms with van der Waals surface area (Å²) in [5.41, 5.74) is 4.40. The third-order valence-corrected chi connectivity index (χ3v) is 10.9. The lowest BCUT2D eigenvalue weighted by molar-refractivity contribution is -0.120. The summed E-state index contributed by atoms with van der Waals surface area (Å²) in [6.45, 7) is 8.58. The van der Waals surface area contributed by atoms with Crippen LogP contribution >= 0.6 is 11.3 Å². The van der Waals surface area contributed by atoms with E-state index in [9.17, 15) is 14.4 Å². The van der Waals surface area contributed by atoms with E-state index < -0.39 is 0 Å². The number of unbranched alkanes of at least 4 members (excludes halogenated alkanes) is 1. The molecule has 1 atom stereocenters. The van der Waals surface area contributed by atoms with Crippen LogP contribution in [0.15, 0.2) is 66.9 Å². The van der Waals surface area contributed by atoms with Crippen LogP contribution < -0.4 is 30.5 Å². The minimum atomic E-state index is -0.383. The number of carbonyl (C=O) groups is 3. The van der Waals surface area contributed by atoms with Gasteiger partial charge < -0.3 is 20.3 Å². The van der Waals surface area contributed by atoms with Crippen LogP contribution in [-0.4, -0.2) is 91.2 Å². The number of imide groups is 1. The first-order valence-electron chi connectivity index (χ1n) is 17.6. The lowest BCUT2D eigenvalue weighted by Gasteiger charge is -2.35. The van der Waals surface area contributed by atoms with Gasteiger partial charge in [-0.25, -0.2) is 14.8 Å². The molecule has 51 heavy (non-hydrogen) atoms. The Labute approximate surface area is 299 Å². The van der Waals surface area contributed by atoms with Gasteiger partial charge in [0, 0.05) is 84.7 Å². The van der Waals surface area contributed by atoms with Gasteiger partial charge in [-0.05, 0) is 87.0 Å². The van der Waals surface area contributed by atoms with Gasteiger partial charge in [-0.3, -0.25) is 24.7 Å². The Bertz CT molecular complexity index is 2090. The molecule has 3 aliphatic rings. The van der Waals surface area contributed by atoms with E-state index in [0.29, 0.717) is 26.1 Å². The molecule has 0 saturated carbocycles. The third-order valence-electron chi connectivity index (χ3n) is 9.77. The van der Waals surface area contributed by atoms with E-state index in [1.807, 2.05) is 49.5 Å². The first-order chi connectivity index (χ1) is 24.9. The number of thiophene rings is 1. The van der Waals surface area contributed by atoms with Crippen LogP contribution in [0.3, 0.4) is 0 Å². The molecule has 3 aliphatic heterocycles. The van der Waals surface area contributed by atoms with E-state index in [-0.39, 0.29) is 23.9 Å². The van der Waals surface area contributed by atoms with Gasteiger partial charge in [0.2, 0.25) is 5.91 Å². The summed E-state index contributed by atoms with van der Waals surface area (Å²) in [4.78, 5) is 53.2. The van der Waals surface area contributed by atoms with Crippen molar-refractivity contribution in [2.45, 2.75) is 32.2 Å². The number of nitrogens with zero attached hydrogens (tertiary/aromatic N) is 5.